The van der Waals surface area contributed by atoms with Gasteiger partial charge in [0.25, 0.3) is 0 Å². The van der Waals surface area contributed by atoms with E-state index in [0.29, 0.717) is 0 Å². The number of ketones is 1. The molecule has 0 fully saturated rings. The smallest absolute Gasteiger partial charge is 0.377 e. The number of carbonyl (C=O) groups excluding carboxylic acids is 1. The summed E-state index contributed by atoms with van der Waals surface area (Å²) in [6.07, 6.45) is 12.7. The van der Waals surface area contributed by atoms with Gasteiger partial charge >= 0.3 is 8.80 Å². The number of rotatable bonds is 16. The fourth-order valence-corrected chi connectivity index (χ4v) is 4.37. The van der Waals surface area contributed by atoms with Gasteiger partial charge in [0.2, 0.25) is 0 Å². The van der Waals surface area contributed by atoms with Crippen molar-refractivity contribution in [2.75, 3.05) is 20.8 Å². The summed E-state index contributed by atoms with van der Waals surface area (Å²) in [4.78, 5) is 11.3. The van der Waals surface area contributed by atoms with Crippen LogP contribution in [0.15, 0.2) is 12.7 Å². The lowest BCUT2D eigenvalue weighted by Crippen LogP contribution is -2.44. The van der Waals surface area contributed by atoms with Crippen LogP contribution >= 0.6 is 0 Å². The predicted molar refractivity (Wildman–Crippen MR) is 93.0 cm³/mol. The van der Waals surface area contributed by atoms with Crippen LogP contribution in [0.5, 0.6) is 0 Å². The highest BCUT2D eigenvalue weighted by atomic mass is 28.4. The highest BCUT2D eigenvalue weighted by molar-refractivity contribution is 6.60. The first-order valence-electron chi connectivity index (χ1n) is 8.53. The van der Waals surface area contributed by atoms with Crippen LogP contribution in [0, 0.1) is 0 Å². The monoisotopic (exact) mass is 330 g/mol. The third-order valence-electron chi connectivity index (χ3n) is 3.87. The van der Waals surface area contributed by atoms with Crippen molar-refractivity contribution in [1.82, 2.24) is 0 Å². The SMILES string of the molecule is C=CC(=O)CO[Si](CCCCCCCCCCC)(OC)OC. The maximum atomic E-state index is 11.3. The van der Waals surface area contributed by atoms with Crippen molar-refractivity contribution in [3.05, 3.63) is 12.7 Å². The van der Waals surface area contributed by atoms with Gasteiger partial charge in [-0.15, -0.1) is 0 Å². The number of unbranched alkanes of at least 4 members (excludes halogenated alkanes) is 8. The van der Waals surface area contributed by atoms with Crippen molar-refractivity contribution >= 4 is 14.6 Å². The Morgan fingerprint density at radius 1 is 0.955 bits per heavy atom. The van der Waals surface area contributed by atoms with Gasteiger partial charge in [-0.1, -0.05) is 64.9 Å². The molecule has 0 atom stereocenters. The van der Waals surface area contributed by atoms with E-state index in [4.69, 9.17) is 13.3 Å². The summed E-state index contributed by atoms with van der Waals surface area (Å²) < 4.78 is 16.6. The summed E-state index contributed by atoms with van der Waals surface area (Å²) in [5.41, 5.74) is 0. The average Bonchev–Trinajstić information content (AvgIpc) is 2.56. The van der Waals surface area contributed by atoms with Gasteiger partial charge in [0.15, 0.2) is 5.78 Å². The van der Waals surface area contributed by atoms with Crippen molar-refractivity contribution in [2.45, 2.75) is 70.8 Å². The Morgan fingerprint density at radius 3 is 1.91 bits per heavy atom. The Kier molecular flexibility index (Phi) is 13.8. The van der Waals surface area contributed by atoms with Gasteiger partial charge in [-0.2, -0.15) is 0 Å². The summed E-state index contributed by atoms with van der Waals surface area (Å²) in [6, 6.07) is 0.764. The highest BCUT2D eigenvalue weighted by Gasteiger charge is 2.38. The molecule has 0 bridgehead atoms. The van der Waals surface area contributed by atoms with Gasteiger partial charge < -0.3 is 13.3 Å². The summed E-state index contributed by atoms with van der Waals surface area (Å²) in [5, 5.41) is 0. The molecule has 0 saturated carbocycles. The molecule has 0 amide bonds. The van der Waals surface area contributed by atoms with E-state index in [1.54, 1.807) is 14.2 Å². The molecule has 0 aromatic heterocycles. The Hall–Kier alpha value is -0.493. The maximum absolute atomic E-state index is 11.3. The van der Waals surface area contributed by atoms with E-state index in [2.05, 4.69) is 13.5 Å². The largest absolute Gasteiger partial charge is 0.500 e. The van der Waals surface area contributed by atoms with E-state index in [1.807, 2.05) is 0 Å². The molecular weight excluding hydrogens is 296 g/mol. The molecule has 0 aliphatic rings. The lowest BCUT2D eigenvalue weighted by molar-refractivity contribution is -0.117. The fraction of sp³-hybridized carbons (Fsp3) is 0.824. The Labute approximate surface area is 137 Å². The first-order chi connectivity index (χ1) is 10.6. The lowest BCUT2D eigenvalue weighted by atomic mass is 10.1. The molecule has 130 valence electrons. The van der Waals surface area contributed by atoms with Crippen molar-refractivity contribution < 1.29 is 18.1 Å². The van der Waals surface area contributed by atoms with E-state index in [9.17, 15) is 4.79 Å². The fourth-order valence-electron chi connectivity index (χ4n) is 2.37. The van der Waals surface area contributed by atoms with E-state index < -0.39 is 8.80 Å². The van der Waals surface area contributed by atoms with E-state index >= 15 is 0 Å². The standard InChI is InChI=1S/C17H34O4Si/c1-5-7-8-9-10-11-12-13-14-15-22(19-3,20-4)21-16-17(18)6-2/h6H,2,5,7-16H2,1,3-4H3. The summed E-state index contributed by atoms with van der Waals surface area (Å²) in [5.74, 6) is -0.141. The quantitative estimate of drug-likeness (QED) is 0.237. The second kappa shape index (κ2) is 14.1. The van der Waals surface area contributed by atoms with Crippen molar-refractivity contribution in [3.8, 4) is 0 Å². The zero-order valence-electron chi connectivity index (χ0n) is 14.7. The van der Waals surface area contributed by atoms with Crippen LogP contribution in [0.2, 0.25) is 6.04 Å². The Morgan fingerprint density at radius 2 is 1.45 bits per heavy atom. The lowest BCUT2D eigenvalue weighted by Gasteiger charge is -2.25. The molecule has 0 aliphatic carbocycles. The van der Waals surface area contributed by atoms with Gasteiger partial charge in [-0.05, 0) is 12.5 Å². The molecule has 0 aromatic rings. The van der Waals surface area contributed by atoms with Crippen LogP contribution in [0.1, 0.15) is 64.7 Å². The molecule has 0 saturated heterocycles. The molecule has 0 aromatic carbocycles. The Bertz CT molecular complexity index is 290. The van der Waals surface area contributed by atoms with Gasteiger partial charge in [0.1, 0.15) is 6.61 Å². The van der Waals surface area contributed by atoms with Crippen molar-refractivity contribution in [2.24, 2.45) is 0 Å². The second-order valence-corrected chi connectivity index (χ2v) is 8.60. The first kappa shape index (κ1) is 21.5. The van der Waals surface area contributed by atoms with E-state index in [0.717, 1.165) is 18.9 Å². The van der Waals surface area contributed by atoms with Crippen LogP contribution in [0.25, 0.3) is 0 Å². The van der Waals surface area contributed by atoms with Crippen LogP contribution < -0.4 is 0 Å². The maximum Gasteiger partial charge on any atom is 0.500 e. The highest BCUT2D eigenvalue weighted by Crippen LogP contribution is 2.19. The van der Waals surface area contributed by atoms with E-state index in [1.165, 1.54) is 51.0 Å². The van der Waals surface area contributed by atoms with Crippen LogP contribution in [0.3, 0.4) is 0 Å². The van der Waals surface area contributed by atoms with Crippen molar-refractivity contribution in [1.29, 1.82) is 0 Å². The molecule has 0 rings (SSSR count). The van der Waals surface area contributed by atoms with E-state index in [-0.39, 0.29) is 12.4 Å². The minimum absolute atomic E-state index is 0.00513. The molecule has 0 heterocycles. The van der Waals surface area contributed by atoms with Crippen LogP contribution in [0.4, 0.5) is 0 Å². The third-order valence-corrected chi connectivity index (χ3v) is 6.66. The average molecular weight is 331 g/mol. The van der Waals surface area contributed by atoms with Gasteiger partial charge in [0, 0.05) is 20.3 Å². The molecular formula is C17H34O4Si. The molecule has 0 radical (unpaired) electrons. The minimum atomic E-state index is -2.68. The molecule has 0 spiro atoms. The zero-order chi connectivity index (χ0) is 16.7. The normalized spacial score (nSPS) is 11.6. The summed E-state index contributed by atoms with van der Waals surface area (Å²) >= 11 is 0. The third kappa shape index (κ3) is 10.3. The molecule has 0 N–H and O–H groups in total. The van der Waals surface area contributed by atoms with Gasteiger partial charge in [-0.25, -0.2) is 0 Å². The number of hydrogen-bond donors (Lipinski definition) is 0. The number of carbonyl (C=O) groups is 1. The summed E-state index contributed by atoms with van der Waals surface area (Å²) in [6.45, 7) is 5.68. The molecule has 5 heteroatoms. The molecule has 0 unspecified atom stereocenters. The minimum Gasteiger partial charge on any atom is -0.377 e. The second-order valence-electron chi connectivity index (χ2n) is 5.63. The van der Waals surface area contributed by atoms with Gasteiger partial charge in [-0.3, -0.25) is 4.79 Å². The summed E-state index contributed by atoms with van der Waals surface area (Å²) in [7, 11) is 0.521. The predicted octanol–water partition coefficient (Wildman–Crippen LogP) is 4.52. The van der Waals surface area contributed by atoms with Crippen LogP contribution in [-0.4, -0.2) is 35.4 Å². The van der Waals surface area contributed by atoms with Gasteiger partial charge in [0.05, 0.1) is 0 Å². The van der Waals surface area contributed by atoms with Crippen molar-refractivity contribution in [3.63, 3.8) is 0 Å². The molecule has 0 aliphatic heterocycles. The van der Waals surface area contributed by atoms with Crippen LogP contribution in [-0.2, 0) is 18.1 Å². The first-order valence-corrected chi connectivity index (χ1v) is 10.5. The molecule has 4 nitrogen and oxygen atoms in total. The zero-order valence-corrected chi connectivity index (χ0v) is 15.7. The molecule has 22 heavy (non-hydrogen) atoms. The Balaban J connectivity index is 3.81. The topological polar surface area (TPSA) is 44.8 Å². The number of hydrogen-bond acceptors (Lipinski definition) is 4.